The topological polar surface area (TPSA) is 79.0 Å². The van der Waals surface area contributed by atoms with Gasteiger partial charge in [0.05, 0.1) is 22.9 Å². The number of halogens is 2. The number of rotatable bonds is 10. The highest BCUT2D eigenvalue weighted by Gasteiger charge is 2.47. The van der Waals surface area contributed by atoms with Gasteiger partial charge in [-0.05, 0) is 48.2 Å². The van der Waals surface area contributed by atoms with Gasteiger partial charge in [0.2, 0.25) is 5.91 Å². The normalized spacial score (nSPS) is 20.1. The number of hydrogen-bond acceptors (Lipinski definition) is 5. The maximum absolute atomic E-state index is 13.2. The number of benzene rings is 2. The Balaban J connectivity index is 1.50. The molecule has 1 amide bonds. The molecule has 0 aromatic heterocycles. The van der Waals surface area contributed by atoms with Gasteiger partial charge in [-0.15, -0.1) is 0 Å². The minimum Gasteiger partial charge on any atom is -0.389 e. The third-order valence-corrected chi connectivity index (χ3v) is 7.37. The van der Waals surface area contributed by atoms with E-state index >= 15 is 0 Å². The molecule has 8 heteroatoms. The van der Waals surface area contributed by atoms with Gasteiger partial charge in [0, 0.05) is 57.7 Å². The van der Waals surface area contributed by atoms with Gasteiger partial charge in [0.1, 0.15) is 5.82 Å². The molecule has 0 bridgehead atoms. The van der Waals surface area contributed by atoms with Crippen LogP contribution in [0.3, 0.4) is 0 Å². The lowest BCUT2D eigenvalue weighted by molar-refractivity contribution is -0.118. The van der Waals surface area contributed by atoms with Crippen molar-refractivity contribution in [3.05, 3.63) is 63.9 Å². The molecule has 35 heavy (non-hydrogen) atoms. The summed E-state index contributed by atoms with van der Waals surface area (Å²) in [5.74, 6) is -0.795. The van der Waals surface area contributed by atoms with Crippen molar-refractivity contribution in [3.8, 4) is 0 Å². The first-order valence-corrected chi connectivity index (χ1v) is 12.4. The van der Waals surface area contributed by atoms with Crippen molar-refractivity contribution in [2.45, 2.75) is 45.3 Å². The van der Waals surface area contributed by atoms with E-state index < -0.39 is 11.5 Å². The van der Waals surface area contributed by atoms with E-state index in [9.17, 15) is 14.3 Å². The zero-order valence-electron chi connectivity index (χ0n) is 21.1. The molecule has 1 saturated heterocycles. The van der Waals surface area contributed by atoms with E-state index in [2.05, 4.69) is 18.7 Å². The van der Waals surface area contributed by atoms with Crippen molar-refractivity contribution >= 4 is 23.2 Å². The van der Waals surface area contributed by atoms with Crippen LogP contribution in [0.4, 0.5) is 10.1 Å². The summed E-state index contributed by atoms with van der Waals surface area (Å²) in [5, 5.41) is 11.9. The highest BCUT2D eigenvalue weighted by molar-refractivity contribution is 6.33. The molecule has 0 spiro atoms. The quantitative estimate of drug-likeness (QED) is 0.472. The monoisotopic (exact) mass is 505 g/mol. The first-order valence-electron chi connectivity index (χ1n) is 12.0. The molecule has 3 N–H and O–H groups in total. The van der Waals surface area contributed by atoms with Crippen molar-refractivity contribution in [2.75, 3.05) is 45.2 Å². The van der Waals surface area contributed by atoms with Crippen molar-refractivity contribution in [1.29, 1.82) is 0 Å². The second kappa shape index (κ2) is 11.2. The third kappa shape index (κ3) is 6.73. The van der Waals surface area contributed by atoms with Crippen molar-refractivity contribution in [3.63, 3.8) is 0 Å². The Morgan fingerprint density at radius 2 is 1.94 bits per heavy atom. The Bertz CT molecular complexity index is 1030. The zero-order chi connectivity index (χ0) is 25.8. The first-order chi connectivity index (χ1) is 16.4. The third-order valence-electron chi connectivity index (χ3n) is 7.07. The number of nitrogens with zero attached hydrogens (tertiary/aromatic N) is 2. The van der Waals surface area contributed by atoms with Crippen LogP contribution in [0.5, 0.6) is 0 Å². The molecule has 1 aliphatic rings. The Labute approximate surface area is 212 Å². The number of nitrogens with two attached hydrogens (primary N) is 1. The molecule has 0 radical (unpaired) electrons. The molecule has 6 nitrogen and oxygen atoms in total. The second-order valence-electron chi connectivity index (χ2n) is 10.4. The number of ether oxygens (including phenoxy) is 1. The lowest BCUT2D eigenvalue weighted by atomic mass is 9.67. The largest absolute Gasteiger partial charge is 0.389 e. The fraction of sp³-hybridized carbons (Fsp3) is 0.519. The molecule has 1 heterocycles. The lowest BCUT2D eigenvalue weighted by Gasteiger charge is -2.50. The number of carbonyl (C=O) groups is 1. The van der Waals surface area contributed by atoms with Crippen molar-refractivity contribution in [1.82, 2.24) is 4.90 Å². The summed E-state index contributed by atoms with van der Waals surface area (Å²) in [5.41, 5.74) is 7.21. The lowest BCUT2D eigenvalue weighted by Crippen LogP contribution is -2.58. The van der Waals surface area contributed by atoms with E-state index in [0.717, 1.165) is 42.9 Å². The molecule has 0 saturated carbocycles. The molecule has 1 fully saturated rings. The second-order valence-corrected chi connectivity index (χ2v) is 10.8. The smallest absolute Gasteiger partial charge is 0.249 e. The number of hydrogen-bond donors (Lipinski definition) is 2. The maximum atomic E-state index is 13.2. The van der Waals surface area contributed by atoms with Gasteiger partial charge in [-0.1, -0.05) is 37.6 Å². The molecule has 1 unspecified atom stereocenters. The minimum absolute atomic E-state index is 0.267. The van der Waals surface area contributed by atoms with E-state index in [1.54, 1.807) is 18.2 Å². The number of anilines is 1. The van der Waals surface area contributed by atoms with Crippen LogP contribution in [-0.2, 0) is 17.8 Å². The summed E-state index contributed by atoms with van der Waals surface area (Å²) < 4.78 is 19.1. The maximum Gasteiger partial charge on any atom is 0.249 e. The number of piperidine rings is 1. The average molecular weight is 506 g/mol. The van der Waals surface area contributed by atoms with Gasteiger partial charge >= 0.3 is 0 Å². The summed E-state index contributed by atoms with van der Waals surface area (Å²) in [6.45, 7) is 7.40. The summed E-state index contributed by atoms with van der Waals surface area (Å²) in [6, 6.07) is 9.83. The highest BCUT2D eigenvalue weighted by Crippen LogP contribution is 2.41. The fourth-order valence-electron chi connectivity index (χ4n) is 4.79. The standard InChI is InChI=1S/C27H37ClFN3O3/c1-26(2)18-32(12-10-27(26,34)16-19-6-8-21(29)9-7-19)11-5-13-35-17-20-14-24(31(3)4)23(28)15-22(20)25(30)33/h6-9,14-15,34H,5,10-13,16-18H2,1-4H3,(H2,30,33). The number of carbonyl (C=O) groups excluding carboxylic acids is 1. The van der Waals surface area contributed by atoms with E-state index in [4.69, 9.17) is 22.1 Å². The number of amides is 1. The zero-order valence-corrected chi connectivity index (χ0v) is 21.9. The minimum atomic E-state index is -0.846. The Morgan fingerprint density at radius 3 is 2.54 bits per heavy atom. The highest BCUT2D eigenvalue weighted by atomic mass is 35.5. The number of likely N-dealkylation sites (tertiary alicyclic amines) is 1. The molecule has 2 aromatic carbocycles. The molecule has 0 aliphatic carbocycles. The Hall–Kier alpha value is -2.19. The Kier molecular flexibility index (Phi) is 8.81. The first kappa shape index (κ1) is 27.4. The summed E-state index contributed by atoms with van der Waals surface area (Å²) in [7, 11) is 3.77. The van der Waals surface area contributed by atoms with E-state index in [-0.39, 0.29) is 17.8 Å². The molecule has 3 rings (SSSR count). The molecular weight excluding hydrogens is 469 g/mol. The van der Waals surface area contributed by atoms with Crippen LogP contribution in [-0.4, -0.2) is 61.9 Å². The molecule has 2 aromatic rings. The van der Waals surface area contributed by atoms with E-state index in [1.807, 2.05) is 25.1 Å². The summed E-state index contributed by atoms with van der Waals surface area (Å²) in [4.78, 5) is 16.1. The van der Waals surface area contributed by atoms with Gasteiger partial charge in [-0.2, -0.15) is 0 Å². The van der Waals surface area contributed by atoms with Gasteiger partial charge < -0.3 is 25.4 Å². The van der Waals surface area contributed by atoms with Crippen LogP contribution in [0, 0.1) is 11.2 Å². The fourth-order valence-corrected chi connectivity index (χ4v) is 5.13. The van der Waals surface area contributed by atoms with Crippen LogP contribution in [0.15, 0.2) is 36.4 Å². The predicted octanol–water partition coefficient (Wildman–Crippen LogP) is 4.26. The summed E-state index contributed by atoms with van der Waals surface area (Å²) in [6.07, 6.45) is 1.99. The van der Waals surface area contributed by atoms with Gasteiger partial charge in [-0.25, -0.2) is 4.39 Å². The van der Waals surface area contributed by atoms with Crippen LogP contribution < -0.4 is 10.6 Å². The number of primary amides is 1. The number of aliphatic hydroxyl groups is 1. The van der Waals surface area contributed by atoms with Gasteiger partial charge in [0.25, 0.3) is 0 Å². The predicted molar refractivity (Wildman–Crippen MR) is 138 cm³/mol. The average Bonchev–Trinajstić information content (AvgIpc) is 2.78. The van der Waals surface area contributed by atoms with E-state index in [1.165, 1.54) is 12.1 Å². The van der Waals surface area contributed by atoms with Crippen LogP contribution in [0.25, 0.3) is 0 Å². The van der Waals surface area contributed by atoms with Crippen molar-refractivity contribution < 1.29 is 19.0 Å². The SMILES string of the molecule is CN(C)c1cc(COCCCN2CCC(O)(Cc3ccc(F)cc3)C(C)(C)C2)c(C(N)=O)cc1Cl. The molecule has 1 atom stereocenters. The molecular formula is C27H37ClFN3O3. The van der Waals surface area contributed by atoms with Gasteiger partial charge in [0.15, 0.2) is 0 Å². The van der Waals surface area contributed by atoms with Crippen molar-refractivity contribution in [2.24, 2.45) is 11.1 Å². The Morgan fingerprint density at radius 1 is 1.26 bits per heavy atom. The van der Waals surface area contributed by atoms with E-state index in [0.29, 0.717) is 30.0 Å². The van der Waals surface area contributed by atoms with Gasteiger partial charge in [-0.3, -0.25) is 4.79 Å². The van der Waals surface area contributed by atoms with Crippen LogP contribution in [0.1, 0.15) is 48.2 Å². The molecule has 1 aliphatic heterocycles. The molecule has 192 valence electrons. The summed E-state index contributed by atoms with van der Waals surface area (Å²) >= 11 is 6.28. The van der Waals surface area contributed by atoms with Crippen LogP contribution in [0.2, 0.25) is 5.02 Å². The van der Waals surface area contributed by atoms with Crippen LogP contribution >= 0.6 is 11.6 Å².